The number of fused-ring (bicyclic) bond motifs is 1. The van der Waals surface area contributed by atoms with Crippen LogP contribution in [0.4, 0.5) is 17.3 Å². The molecule has 1 aliphatic heterocycles. The Bertz CT molecular complexity index is 1470. The van der Waals surface area contributed by atoms with Crippen LogP contribution in [0.3, 0.4) is 0 Å². The van der Waals surface area contributed by atoms with Crippen LogP contribution < -0.4 is 15.4 Å². The number of carboxylic acids is 1. The van der Waals surface area contributed by atoms with E-state index in [1.807, 2.05) is 0 Å². The molecule has 9 nitrogen and oxygen atoms in total. The molecule has 0 saturated heterocycles. The molecule has 0 atom stereocenters. The average Bonchev–Trinajstić information content (AvgIpc) is 3.67. The molecule has 1 fully saturated rings. The first-order chi connectivity index (χ1) is 17.3. The van der Waals surface area contributed by atoms with Gasteiger partial charge in [-0.2, -0.15) is 0 Å². The van der Waals surface area contributed by atoms with Gasteiger partial charge in [0.05, 0.1) is 21.2 Å². The number of sulfone groups is 1. The van der Waals surface area contributed by atoms with Gasteiger partial charge in [0.25, 0.3) is 0 Å². The Kier molecular flexibility index (Phi) is 6.55. The number of rotatable bonds is 8. The average molecular weight is 527 g/mol. The molecule has 0 bridgehead atoms. The first kappa shape index (κ1) is 24.1. The quantitative estimate of drug-likeness (QED) is 0.365. The molecule has 3 aromatic rings. The van der Waals surface area contributed by atoms with Crippen molar-refractivity contribution >= 4 is 50.8 Å². The van der Waals surface area contributed by atoms with Crippen molar-refractivity contribution in [3.05, 3.63) is 65.0 Å². The van der Waals surface area contributed by atoms with Gasteiger partial charge in [-0.1, -0.05) is 17.7 Å². The lowest BCUT2D eigenvalue weighted by Crippen LogP contribution is -2.08. The van der Waals surface area contributed by atoms with Crippen LogP contribution in [0, 0.1) is 5.92 Å². The van der Waals surface area contributed by atoms with E-state index in [-0.39, 0.29) is 22.1 Å². The molecule has 1 aromatic heterocycles. The molecular weight excluding hydrogens is 504 g/mol. The van der Waals surface area contributed by atoms with E-state index < -0.39 is 15.8 Å². The lowest BCUT2D eigenvalue weighted by Gasteiger charge is -2.13. The molecule has 11 heteroatoms. The predicted molar refractivity (Wildman–Crippen MR) is 137 cm³/mol. The lowest BCUT2D eigenvalue weighted by molar-refractivity contribution is -0.132. The number of benzene rings is 2. The highest BCUT2D eigenvalue weighted by Crippen LogP contribution is 2.36. The number of carbonyl (C=O) groups is 1. The molecule has 3 N–H and O–H groups in total. The van der Waals surface area contributed by atoms with E-state index in [0.29, 0.717) is 52.4 Å². The third kappa shape index (κ3) is 5.44. The Morgan fingerprint density at radius 3 is 2.78 bits per heavy atom. The first-order valence-electron chi connectivity index (χ1n) is 11.4. The van der Waals surface area contributed by atoms with Gasteiger partial charge >= 0.3 is 5.97 Å². The largest absolute Gasteiger partial charge is 0.478 e. The number of anilines is 3. The van der Waals surface area contributed by atoms with Gasteiger partial charge in [-0.15, -0.1) is 0 Å². The number of nitrogens with zero attached hydrogens (tertiary/aromatic N) is 2. The fourth-order valence-corrected chi connectivity index (χ4v) is 5.80. The molecule has 0 unspecified atom stereocenters. The van der Waals surface area contributed by atoms with Crippen molar-refractivity contribution in [3.8, 4) is 11.5 Å². The Morgan fingerprint density at radius 2 is 2.03 bits per heavy atom. The van der Waals surface area contributed by atoms with E-state index in [0.717, 1.165) is 12.8 Å². The molecule has 0 amide bonds. The van der Waals surface area contributed by atoms with Gasteiger partial charge in [0.1, 0.15) is 29.5 Å². The van der Waals surface area contributed by atoms with Gasteiger partial charge in [-0.05, 0) is 67.7 Å². The standard InChI is InChI=1S/C25H23ClN4O5S/c26-21-11-17(30-24-20-10-16(25(31)32)8-9-27-23(20)28-14-29-24)6-7-22(21)35-18-2-1-3-19(12-18)36(33,34)13-15-4-5-15/h1-3,6-7,10-12,14-15H,4-5,8-9,13H2,(H,31,32)(H2,27,28,29,30). The van der Waals surface area contributed by atoms with Crippen molar-refractivity contribution in [2.75, 3.05) is 22.9 Å². The summed E-state index contributed by atoms with van der Waals surface area (Å²) in [5.41, 5.74) is 1.39. The highest BCUT2D eigenvalue weighted by molar-refractivity contribution is 7.91. The highest BCUT2D eigenvalue weighted by atomic mass is 35.5. The molecule has 1 aliphatic carbocycles. The van der Waals surface area contributed by atoms with Crippen molar-refractivity contribution < 1.29 is 23.1 Å². The van der Waals surface area contributed by atoms with Gasteiger partial charge in [0.2, 0.25) is 0 Å². The minimum Gasteiger partial charge on any atom is -0.478 e. The fraction of sp³-hybridized carbons (Fsp3) is 0.240. The molecule has 1 saturated carbocycles. The number of halogens is 1. The van der Waals surface area contributed by atoms with Crippen LogP contribution in [-0.2, 0) is 14.6 Å². The third-order valence-corrected chi connectivity index (χ3v) is 8.08. The van der Waals surface area contributed by atoms with Gasteiger partial charge in [-0.25, -0.2) is 23.2 Å². The summed E-state index contributed by atoms with van der Waals surface area (Å²) in [6, 6.07) is 11.4. The number of aliphatic carboxylic acids is 1. The maximum absolute atomic E-state index is 12.6. The Hall–Kier alpha value is -3.63. The molecule has 5 rings (SSSR count). The molecular formula is C25H23ClN4O5S. The van der Waals surface area contributed by atoms with Gasteiger partial charge in [0, 0.05) is 17.8 Å². The van der Waals surface area contributed by atoms with E-state index in [2.05, 4.69) is 20.6 Å². The number of carboxylic acid groups (broad SMARTS) is 1. The summed E-state index contributed by atoms with van der Waals surface area (Å²) in [5, 5.41) is 16.0. The van der Waals surface area contributed by atoms with Crippen molar-refractivity contribution in [1.82, 2.24) is 9.97 Å². The second-order valence-electron chi connectivity index (χ2n) is 8.71. The van der Waals surface area contributed by atoms with Gasteiger partial charge in [0.15, 0.2) is 9.84 Å². The smallest absolute Gasteiger partial charge is 0.331 e. The van der Waals surface area contributed by atoms with Crippen molar-refractivity contribution in [3.63, 3.8) is 0 Å². The SMILES string of the molecule is O=C(O)C1=Cc2c(ncnc2Nc2ccc(Oc3cccc(S(=O)(=O)CC4CC4)c3)c(Cl)c2)NCC1. The zero-order valence-electron chi connectivity index (χ0n) is 19.1. The second kappa shape index (κ2) is 9.79. The van der Waals surface area contributed by atoms with Gasteiger partial charge < -0.3 is 20.5 Å². The summed E-state index contributed by atoms with van der Waals surface area (Å²) in [5.74, 6) is 1.10. The van der Waals surface area contributed by atoms with Gasteiger partial charge in [-0.3, -0.25) is 0 Å². The Morgan fingerprint density at radius 1 is 1.19 bits per heavy atom. The summed E-state index contributed by atoms with van der Waals surface area (Å²) in [4.78, 5) is 20.2. The Labute approximate surface area is 213 Å². The molecule has 36 heavy (non-hydrogen) atoms. The van der Waals surface area contributed by atoms with Crippen LogP contribution in [0.15, 0.2) is 59.3 Å². The van der Waals surface area contributed by atoms with E-state index in [9.17, 15) is 18.3 Å². The topological polar surface area (TPSA) is 131 Å². The molecule has 2 aliphatic rings. The van der Waals surface area contributed by atoms with Crippen LogP contribution in [0.5, 0.6) is 11.5 Å². The van der Waals surface area contributed by atoms with E-state index >= 15 is 0 Å². The summed E-state index contributed by atoms with van der Waals surface area (Å²) < 4.78 is 31.1. The molecule has 2 heterocycles. The highest BCUT2D eigenvalue weighted by Gasteiger charge is 2.29. The first-order valence-corrected chi connectivity index (χ1v) is 13.4. The second-order valence-corrected chi connectivity index (χ2v) is 11.1. The maximum atomic E-state index is 12.6. The van der Waals surface area contributed by atoms with Crippen molar-refractivity contribution in [2.24, 2.45) is 5.92 Å². The summed E-state index contributed by atoms with van der Waals surface area (Å²) >= 11 is 6.47. The van der Waals surface area contributed by atoms with Crippen LogP contribution in [0.2, 0.25) is 5.02 Å². The summed E-state index contributed by atoms with van der Waals surface area (Å²) in [7, 11) is -3.36. The van der Waals surface area contributed by atoms with Crippen molar-refractivity contribution in [1.29, 1.82) is 0 Å². The van der Waals surface area contributed by atoms with Crippen LogP contribution >= 0.6 is 11.6 Å². The molecule has 0 radical (unpaired) electrons. The summed E-state index contributed by atoms with van der Waals surface area (Å²) in [6.45, 7) is 0.447. The van der Waals surface area contributed by atoms with Crippen LogP contribution in [-0.4, -0.2) is 41.8 Å². The zero-order valence-corrected chi connectivity index (χ0v) is 20.6. The molecule has 0 spiro atoms. The van der Waals surface area contributed by atoms with E-state index in [1.165, 1.54) is 12.4 Å². The number of aromatic nitrogens is 2. The van der Waals surface area contributed by atoms with Crippen LogP contribution in [0.1, 0.15) is 24.8 Å². The normalized spacial score (nSPS) is 15.2. The zero-order chi connectivity index (χ0) is 25.3. The van der Waals surface area contributed by atoms with E-state index in [1.54, 1.807) is 42.5 Å². The molecule has 186 valence electrons. The predicted octanol–water partition coefficient (Wildman–Crippen LogP) is 5.13. The van der Waals surface area contributed by atoms with E-state index in [4.69, 9.17) is 16.3 Å². The fourth-order valence-electron chi connectivity index (χ4n) is 3.85. The van der Waals surface area contributed by atoms with Crippen molar-refractivity contribution in [2.45, 2.75) is 24.2 Å². The number of ether oxygens (including phenoxy) is 1. The number of hydrogen-bond donors (Lipinski definition) is 3. The minimum atomic E-state index is -3.36. The minimum absolute atomic E-state index is 0.156. The number of nitrogens with one attached hydrogen (secondary N) is 2. The summed E-state index contributed by atoms with van der Waals surface area (Å²) in [6.07, 6.45) is 5.21. The number of hydrogen-bond acceptors (Lipinski definition) is 8. The Balaban J connectivity index is 1.36. The maximum Gasteiger partial charge on any atom is 0.331 e. The van der Waals surface area contributed by atoms with Crippen LogP contribution in [0.25, 0.3) is 6.08 Å². The third-order valence-electron chi connectivity index (χ3n) is 5.90. The lowest BCUT2D eigenvalue weighted by atomic mass is 10.1. The monoisotopic (exact) mass is 526 g/mol. The molecule has 2 aromatic carbocycles.